The second-order valence-electron chi connectivity index (χ2n) is 6.67. The highest BCUT2D eigenvalue weighted by Gasteiger charge is 2.37. The predicted octanol–water partition coefficient (Wildman–Crippen LogP) is 3.34. The second kappa shape index (κ2) is 7.62. The average molecular weight is 452 g/mol. The first-order chi connectivity index (χ1) is 13.4. The molecular formula is C17H17ClF3N3O4S. The molecule has 1 atom stereocenters. The van der Waals surface area contributed by atoms with Gasteiger partial charge in [0, 0.05) is 18.3 Å². The number of aliphatic carboxylic acids is 1. The molecule has 0 radical (unpaired) electrons. The highest BCUT2D eigenvalue weighted by Crippen LogP contribution is 2.39. The number of fused-ring (bicyclic) bond motifs is 1. The summed E-state index contributed by atoms with van der Waals surface area (Å²) in [6, 6.07) is 1.46. The summed E-state index contributed by atoms with van der Waals surface area (Å²) in [5.74, 6) is -1.07. The molecule has 29 heavy (non-hydrogen) atoms. The highest BCUT2D eigenvalue weighted by molar-refractivity contribution is 7.89. The quantitative estimate of drug-likeness (QED) is 0.752. The van der Waals surface area contributed by atoms with Crippen molar-refractivity contribution < 1.29 is 31.5 Å². The number of benzene rings is 1. The van der Waals surface area contributed by atoms with Crippen molar-refractivity contribution in [2.45, 2.75) is 42.9 Å². The van der Waals surface area contributed by atoms with Crippen LogP contribution < -0.4 is 0 Å². The monoisotopic (exact) mass is 451 g/mol. The van der Waals surface area contributed by atoms with Crippen LogP contribution in [-0.4, -0.2) is 40.6 Å². The van der Waals surface area contributed by atoms with Crippen molar-refractivity contribution >= 4 is 27.6 Å². The van der Waals surface area contributed by atoms with Gasteiger partial charge >= 0.3 is 12.1 Å². The van der Waals surface area contributed by atoms with Crippen molar-refractivity contribution in [3.05, 3.63) is 46.2 Å². The number of nitrogens with zero attached hydrogens (tertiary/aromatic N) is 3. The van der Waals surface area contributed by atoms with E-state index in [9.17, 15) is 26.4 Å². The number of hydrogen-bond donors (Lipinski definition) is 1. The van der Waals surface area contributed by atoms with Gasteiger partial charge in [0.25, 0.3) is 0 Å². The average Bonchev–Trinajstić information content (AvgIpc) is 3.02. The van der Waals surface area contributed by atoms with Crippen LogP contribution in [0.1, 0.15) is 35.7 Å². The van der Waals surface area contributed by atoms with Crippen LogP contribution in [0, 0.1) is 0 Å². The van der Waals surface area contributed by atoms with Gasteiger partial charge in [0.05, 0.1) is 22.8 Å². The van der Waals surface area contributed by atoms with Crippen LogP contribution in [-0.2, 0) is 34.0 Å². The van der Waals surface area contributed by atoms with Crippen molar-refractivity contribution in [1.29, 1.82) is 0 Å². The van der Waals surface area contributed by atoms with E-state index in [1.807, 2.05) is 0 Å². The van der Waals surface area contributed by atoms with E-state index in [1.54, 1.807) is 0 Å². The molecule has 0 saturated carbocycles. The van der Waals surface area contributed by atoms with E-state index in [4.69, 9.17) is 16.7 Å². The SMILES string of the molecule is CN(C1CCCc2c1cnn2CC(=O)O)S(=O)(=O)c1ccc(C(F)(F)F)cc1Cl. The predicted molar refractivity (Wildman–Crippen MR) is 96.9 cm³/mol. The zero-order valence-electron chi connectivity index (χ0n) is 15.1. The van der Waals surface area contributed by atoms with Gasteiger partial charge in [-0.1, -0.05) is 11.6 Å². The standard InChI is InChI=1S/C17H17ClF3N3O4S/c1-23(13-3-2-4-14-11(13)8-22-24(14)9-16(25)26)29(27,28)15-6-5-10(7-12(15)18)17(19,20)21/h5-8,13H,2-4,9H2,1H3,(H,25,26). The van der Waals surface area contributed by atoms with Crippen molar-refractivity contribution in [3.8, 4) is 0 Å². The van der Waals surface area contributed by atoms with Crippen LogP contribution in [0.2, 0.25) is 5.02 Å². The molecular weight excluding hydrogens is 435 g/mol. The number of carboxylic acids is 1. The third-order valence-electron chi connectivity index (χ3n) is 4.87. The highest BCUT2D eigenvalue weighted by atomic mass is 35.5. The van der Waals surface area contributed by atoms with Crippen LogP contribution in [0.25, 0.3) is 0 Å². The Morgan fingerprint density at radius 3 is 2.69 bits per heavy atom. The number of sulfonamides is 1. The molecule has 12 heteroatoms. The molecule has 0 bridgehead atoms. The first-order valence-corrected chi connectivity index (χ1v) is 10.4. The smallest absolute Gasteiger partial charge is 0.416 e. The Morgan fingerprint density at radius 1 is 1.41 bits per heavy atom. The normalized spacial score (nSPS) is 17.4. The minimum absolute atomic E-state index is 0.344. The maximum absolute atomic E-state index is 13.0. The van der Waals surface area contributed by atoms with Crippen LogP contribution >= 0.6 is 11.6 Å². The Bertz CT molecular complexity index is 1050. The zero-order valence-corrected chi connectivity index (χ0v) is 16.7. The fraction of sp³-hybridized carbons (Fsp3) is 0.412. The minimum Gasteiger partial charge on any atom is -0.480 e. The largest absolute Gasteiger partial charge is 0.480 e. The molecule has 1 aromatic carbocycles. The van der Waals surface area contributed by atoms with E-state index in [0.717, 1.165) is 10.4 Å². The molecule has 0 spiro atoms. The summed E-state index contributed by atoms with van der Waals surface area (Å²) in [4.78, 5) is 10.6. The van der Waals surface area contributed by atoms with Crippen LogP contribution in [0.3, 0.4) is 0 Å². The van der Waals surface area contributed by atoms with Crippen LogP contribution in [0.4, 0.5) is 13.2 Å². The summed E-state index contributed by atoms with van der Waals surface area (Å²) in [7, 11) is -2.89. The van der Waals surface area contributed by atoms with Crippen molar-refractivity contribution in [2.24, 2.45) is 0 Å². The minimum atomic E-state index is -4.64. The molecule has 1 aliphatic rings. The lowest BCUT2D eigenvalue weighted by Crippen LogP contribution is -2.33. The molecule has 1 aromatic heterocycles. The first kappa shape index (κ1) is 21.6. The van der Waals surface area contributed by atoms with E-state index in [-0.39, 0.29) is 6.54 Å². The second-order valence-corrected chi connectivity index (χ2v) is 9.04. The molecule has 1 unspecified atom stereocenters. The molecule has 0 saturated heterocycles. The fourth-order valence-corrected chi connectivity index (χ4v) is 5.33. The lowest BCUT2D eigenvalue weighted by molar-refractivity contribution is -0.138. The molecule has 1 N–H and O–H groups in total. The summed E-state index contributed by atoms with van der Waals surface area (Å²) >= 11 is 5.88. The summed E-state index contributed by atoms with van der Waals surface area (Å²) < 4.78 is 67.0. The van der Waals surface area contributed by atoms with Crippen molar-refractivity contribution in [2.75, 3.05) is 7.05 Å². The molecule has 1 aliphatic carbocycles. The van der Waals surface area contributed by atoms with E-state index in [0.29, 0.717) is 42.7 Å². The molecule has 2 aromatic rings. The van der Waals surface area contributed by atoms with Crippen LogP contribution in [0.5, 0.6) is 0 Å². The van der Waals surface area contributed by atoms with Gasteiger partial charge in [-0.2, -0.15) is 22.6 Å². The van der Waals surface area contributed by atoms with E-state index >= 15 is 0 Å². The molecule has 7 nitrogen and oxygen atoms in total. The number of rotatable bonds is 5. The lowest BCUT2D eigenvalue weighted by atomic mass is 9.93. The van der Waals surface area contributed by atoms with Crippen LogP contribution in [0.15, 0.2) is 29.3 Å². The Balaban J connectivity index is 1.96. The zero-order chi connectivity index (χ0) is 21.6. The molecule has 0 amide bonds. The summed E-state index contributed by atoms with van der Waals surface area (Å²) in [6.07, 6.45) is -1.60. The fourth-order valence-electron chi connectivity index (χ4n) is 3.45. The van der Waals surface area contributed by atoms with Gasteiger partial charge in [-0.25, -0.2) is 8.42 Å². The molecule has 1 heterocycles. The van der Waals surface area contributed by atoms with Crippen molar-refractivity contribution in [1.82, 2.24) is 14.1 Å². The number of halogens is 4. The Morgan fingerprint density at radius 2 is 2.10 bits per heavy atom. The number of carbonyl (C=O) groups is 1. The lowest BCUT2D eigenvalue weighted by Gasteiger charge is -2.31. The molecule has 0 fully saturated rings. The van der Waals surface area contributed by atoms with Gasteiger partial charge in [-0.3, -0.25) is 9.48 Å². The Kier molecular flexibility index (Phi) is 5.67. The number of carboxylic acid groups (broad SMARTS) is 1. The Labute approximate surface area is 169 Å². The number of hydrogen-bond acceptors (Lipinski definition) is 4. The number of alkyl halides is 3. The summed E-state index contributed by atoms with van der Waals surface area (Å²) in [6.45, 7) is -0.344. The van der Waals surface area contributed by atoms with Gasteiger partial charge in [-0.05, 0) is 37.5 Å². The molecule has 158 valence electrons. The molecule has 0 aliphatic heterocycles. The maximum atomic E-state index is 13.0. The van der Waals surface area contributed by atoms with Gasteiger partial charge < -0.3 is 5.11 Å². The first-order valence-electron chi connectivity index (χ1n) is 8.54. The van der Waals surface area contributed by atoms with Gasteiger partial charge in [0.1, 0.15) is 11.4 Å². The van der Waals surface area contributed by atoms with Crippen molar-refractivity contribution in [3.63, 3.8) is 0 Å². The maximum Gasteiger partial charge on any atom is 0.416 e. The summed E-state index contributed by atoms with van der Waals surface area (Å²) in [5, 5.41) is 12.5. The Hall–Kier alpha value is -2.11. The van der Waals surface area contributed by atoms with Gasteiger partial charge in [0.15, 0.2) is 0 Å². The van der Waals surface area contributed by atoms with Gasteiger partial charge in [-0.15, -0.1) is 0 Å². The number of aromatic nitrogens is 2. The van der Waals surface area contributed by atoms with Gasteiger partial charge in [0.2, 0.25) is 10.0 Å². The third kappa shape index (κ3) is 4.12. The molecule has 3 rings (SSSR count). The van der Waals surface area contributed by atoms with E-state index in [2.05, 4.69) is 5.10 Å². The third-order valence-corrected chi connectivity index (χ3v) is 7.22. The topological polar surface area (TPSA) is 92.5 Å². The van der Waals surface area contributed by atoms with E-state index < -0.39 is 43.7 Å². The summed E-state index contributed by atoms with van der Waals surface area (Å²) in [5.41, 5.74) is 0.162. The van der Waals surface area contributed by atoms with E-state index in [1.165, 1.54) is 17.9 Å².